The lowest BCUT2D eigenvalue weighted by Gasteiger charge is -2.19. The standard InChI is InChI=1S/C18H25N3O2/c1-4-7-16(19)17(22)20-15-10-8-14(9-11-15)18(23)21(12-5-2)13-6-3/h5-6,8-11,16H,2-4,7,12-13,19H2,1H3,(H,20,22). The molecule has 3 N–H and O–H groups in total. The zero-order chi connectivity index (χ0) is 17.2. The van der Waals surface area contributed by atoms with Crippen molar-refractivity contribution in [2.75, 3.05) is 18.4 Å². The second-order valence-electron chi connectivity index (χ2n) is 5.25. The number of rotatable bonds is 9. The fourth-order valence-electron chi connectivity index (χ4n) is 2.11. The van der Waals surface area contributed by atoms with Gasteiger partial charge in [0.05, 0.1) is 6.04 Å². The molecular weight excluding hydrogens is 290 g/mol. The molecule has 0 saturated carbocycles. The van der Waals surface area contributed by atoms with E-state index >= 15 is 0 Å². The summed E-state index contributed by atoms with van der Waals surface area (Å²) < 4.78 is 0. The third-order valence-corrected chi connectivity index (χ3v) is 3.32. The average molecular weight is 315 g/mol. The molecule has 1 atom stereocenters. The van der Waals surface area contributed by atoms with Crippen LogP contribution in [0.15, 0.2) is 49.6 Å². The molecule has 0 radical (unpaired) electrons. The highest BCUT2D eigenvalue weighted by Crippen LogP contribution is 2.12. The van der Waals surface area contributed by atoms with Crippen molar-refractivity contribution in [3.05, 3.63) is 55.1 Å². The van der Waals surface area contributed by atoms with Crippen molar-refractivity contribution in [1.29, 1.82) is 0 Å². The van der Waals surface area contributed by atoms with Crippen LogP contribution in [-0.2, 0) is 4.79 Å². The molecule has 0 aromatic heterocycles. The Labute approximate surface area is 137 Å². The zero-order valence-corrected chi connectivity index (χ0v) is 13.6. The molecule has 1 aromatic carbocycles. The van der Waals surface area contributed by atoms with Crippen molar-refractivity contribution in [1.82, 2.24) is 4.90 Å². The molecule has 0 bridgehead atoms. The van der Waals surface area contributed by atoms with Crippen molar-refractivity contribution in [3.8, 4) is 0 Å². The fourth-order valence-corrected chi connectivity index (χ4v) is 2.11. The van der Waals surface area contributed by atoms with E-state index in [1.54, 1.807) is 41.3 Å². The Bertz CT molecular complexity index is 542. The molecule has 2 amide bonds. The monoisotopic (exact) mass is 315 g/mol. The second kappa shape index (κ2) is 9.58. The van der Waals surface area contributed by atoms with E-state index in [4.69, 9.17) is 5.73 Å². The minimum atomic E-state index is -0.517. The lowest BCUT2D eigenvalue weighted by molar-refractivity contribution is -0.117. The topological polar surface area (TPSA) is 75.4 Å². The normalized spacial score (nSPS) is 11.4. The predicted molar refractivity (Wildman–Crippen MR) is 94.3 cm³/mol. The highest BCUT2D eigenvalue weighted by Gasteiger charge is 2.15. The van der Waals surface area contributed by atoms with E-state index in [0.29, 0.717) is 30.8 Å². The lowest BCUT2D eigenvalue weighted by atomic mass is 10.1. The number of hydrogen-bond acceptors (Lipinski definition) is 3. The summed E-state index contributed by atoms with van der Waals surface area (Å²) in [6.07, 6.45) is 4.83. The van der Waals surface area contributed by atoms with Crippen LogP contribution in [-0.4, -0.2) is 35.8 Å². The van der Waals surface area contributed by atoms with Gasteiger partial charge < -0.3 is 16.0 Å². The van der Waals surface area contributed by atoms with Gasteiger partial charge in [-0.2, -0.15) is 0 Å². The number of carbonyl (C=O) groups excluding carboxylic acids is 2. The van der Waals surface area contributed by atoms with Gasteiger partial charge in [0, 0.05) is 24.3 Å². The summed E-state index contributed by atoms with van der Waals surface area (Å²) in [4.78, 5) is 25.9. The van der Waals surface area contributed by atoms with E-state index in [-0.39, 0.29) is 11.8 Å². The number of carbonyl (C=O) groups is 2. The Hall–Kier alpha value is -2.40. The number of amides is 2. The van der Waals surface area contributed by atoms with Gasteiger partial charge in [-0.05, 0) is 30.7 Å². The van der Waals surface area contributed by atoms with Crippen LogP contribution < -0.4 is 11.1 Å². The third-order valence-electron chi connectivity index (χ3n) is 3.32. The van der Waals surface area contributed by atoms with E-state index in [1.165, 1.54) is 0 Å². The van der Waals surface area contributed by atoms with Crippen LogP contribution in [0.1, 0.15) is 30.1 Å². The molecule has 0 fully saturated rings. The quantitative estimate of drug-likeness (QED) is 0.688. The minimum absolute atomic E-state index is 0.106. The largest absolute Gasteiger partial charge is 0.331 e. The van der Waals surface area contributed by atoms with Crippen LogP contribution in [0.25, 0.3) is 0 Å². The van der Waals surface area contributed by atoms with Crippen molar-refractivity contribution in [2.45, 2.75) is 25.8 Å². The molecular formula is C18H25N3O2. The number of hydrogen-bond donors (Lipinski definition) is 2. The zero-order valence-electron chi connectivity index (χ0n) is 13.6. The summed E-state index contributed by atoms with van der Waals surface area (Å²) in [6.45, 7) is 10.2. The molecule has 1 aromatic rings. The molecule has 5 heteroatoms. The van der Waals surface area contributed by atoms with E-state index in [9.17, 15) is 9.59 Å². The van der Waals surface area contributed by atoms with E-state index in [1.807, 2.05) is 6.92 Å². The molecule has 5 nitrogen and oxygen atoms in total. The Kier molecular flexibility index (Phi) is 7.77. The maximum Gasteiger partial charge on any atom is 0.254 e. The smallest absolute Gasteiger partial charge is 0.254 e. The maximum atomic E-state index is 12.4. The molecule has 0 aliphatic carbocycles. The number of nitrogens with two attached hydrogens (primary N) is 1. The Morgan fingerprint density at radius 1 is 1.22 bits per heavy atom. The lowest BCUT2D eigenvalue weighted by Crippen LogP contribution is -2.35. The molecule has 124 valence electrons. The first-order chi connectivity index (χ1) is 11.0. The first-order valence-electron chi connectivity index (χ1n) is 7.71. The molecule has 0 saturated heterocycles. The molecule has 0 aliphatic rings. The van der Waals surface area contributed by atoms with E-state index in [2.05, 4.69) is 18.5 Å². The van der Waals surface area contributed by atoms with Gasteiger partial charge in [0.25, 0.3) is 5.91 Å². The summed E-state index contributed by atoms with van der Waals surface area (Å²) in [5, 5.41) is 2.75. The first kappa shape index (κ1) is 18.6. The molecule has 0 aliphatic heterocycles. The molecule has 1 unspecified atom stereocenters. The van der Waals surface area contributed by atoms with Crippen LogP contribution in [0.3, 0.4) is 0 Å². The van der Waals surface area contributed by atoms with Crippen LogP contribution in [0.4, 0.5) is 5.69 Å². The minimum Gasteiger partial charge on any atom is -0.331 e. The maximum absolute atomic E-state index is 12.4. The van der Waals surface area contributed by atoms with Crippen LogP contribution in [0.2, 0.25) is 0 Å². The van der Waals surface area contributed by atoms with Crippen molar-refractivity contribution >= 4 is 17.5 Å². The van der Waals surface area contributed by atoms with Gasteiger partial charge >= 0.3 is 0 Å². The summed E-state index contributed by atoms with van der Waals surface area (Å²) in [7, 11) is 0. The highest BCUT2D eigenvalue weighted by atomic mass is 16.2. The number of nitrogens with zero attached hydrogens (tertiary/aromatic N) is 1. The molecule has 0 heterocycles. The first-order valence-corrected chi connectivity index (χ1v) is 7.71. The van der Waals surface area contributed by atoms with Gasteiger partial charge in [-0.15, -0.1) is 13.2 Å². The van der Waals surface area contributed by atoms with Gasteiger partial charge in [-0.1, -0.05) is 25.5 Å². The molecule has 23 heavy (non-hydrogen) atoms. The van der Waals surface area contributed by atoms with Gasteiger partial charge in [0.1, 0.15) is 0 Å². The summed E-state index contributed by atoms with van der Waals surface area (Å²) >= 11 is 0. The summed E-state index contributed by atoms with van der Waals surface area (Å²) in [5.41, 5.74) is 6.94. The summed E-state index contributed by atoms with van der Waals surface area (Å²) in [5.74, 6) is -0.323. The van der Waals surface area contributed by atoms with Crippen LogP contribution >= 0.6 is 0 Å². The van der Waals surface area contributed by atoms with Crippen molar-refractivity contribution in [3.63, 3.8) is 0 Å². The van der Waals surface area contributed by atoms with Gasteiger partial charge in [-0.25, -0.2) is 0 Å². The third kappa shape index (κ3) is 5.71. The Morgan fingerprint density at radius 3 is 2.26 bits per heavy atom. The number of benzene rings is 1. The second-order valence-corrected chi connectivity index (χ2v) is 5.25. The Balaban J connectivity index is 2.75. The fraction of sp³-hybridized carbons (Fsp3) is 0.333. The van der Waals surface area contributed by atoms with E-state index < -0.39 is 6.04 Å². The van der Waals surface area contributed by atoms with Crippen LogP contribution in [0, 0.1) is 0 Å². The Morgan fingerprint density at radius 2 is 1.78 bits per heavy atom. The van der Waals surface area contributed by atoms with Crippen molar-refractivity contribution < 1.29 is 9.59 Å². The molecule has 1 rings (SSSR count). The molecule has 0 spiro atoms. The predicted octanol–water partition coefficient (Wildman–Crippen LogP) is 2.57. The van der Waals surface area contributed by atoms with Crippen molar-refractivity contribution in [2.24, 2.45) is 5.73 Å². The van der Waals surface area contributed by atoms with Crippen LogP contribution in [0.5, 0.6) is 0 Å². The summed E-state index contributed by atoms with van der Waals surface area (Å²) in [6, 6.07) is 6.25. The van der Waals surface area contributed by atoms with E-state index in [0.717, 1.165) is 6.42 Å². The SMILES string of the molecule is C=CCN(CC=C)C(=O)c1ccc(NC(=O)C(N)CCC)cc1. The number of anilines is 1. The van der Waals surface area contributed by atoms with Gasteiger partial charge in [0.2, 0.25) is 5.91 Å². The average Bonchev–Trinajstić information content (AvgIpc) is 2.55. The van der Waals surface area contributed by atoms with Gasteiger partial charge in [-0.3, -0.25) is 9.59 Å². The number of nitrogens with one attached hydrogen (secondary N) is 1. The van der Waals surface area contributed by atoms with Gasteiger partial charge in [0.15, 0.2) is 0 Å². The highest BCUT2D eigenvalue weighted by molar-refractivity contribution is 5.97.